The van der Waals surface area contributed by atoms with E-state index in [4.69, 9.17) is 14.5 Å². The summed E-state index contributed by atoms with van der Waals surface area (Å²) in [6.07, 6.45) is 0.404. The van der Waals surface area contributed by atoms with Crippen LogP contribution >= 0.6 is 0 Å². The molecule has 5 nitrogen and oxygen atoms in total. The van der Waals surface area contributed by atoms with Crippen molar-refractivity contribution in [1.82, 2.24) is 10.1 Å². The summed E-state index contributed by atoms with van der Waals surface area (Å²) >= 11 is 0. The van der Waals surface area contributed by atoms with Gasteiger partial charge in [0.25, 0.3) is 5.89 Å². The van der Waals surface area contributed by atoms with Gasteiger partial charge in [-0.15, -0.1) is 0 Å². The molecule has 0 amide bonds. The highest BCUT2D eigenvalue weighted by Crippen LogP contribution is 2.15. The summed E-state index contributed by atoms with van der Waals surface area (Å²) in [5, 5.41) is 12.4. The first-order valence-corrected chi connectivity index (χ1v) is 6.10. The number of rotatable bonds is 5. The van der Waals surface area contributed by atoms with Crippen LogP contribution in [0.25, 0.3) is 0 Å². The van der Waals surface area contributed by atoms with Gasteiger partial charge in [0, 0.05) is 5.92 Å². The molecule has 0 unspecified atom stereocenters. The Labute approximate surface area is 111 Å². The molecule has 19 heavy (non-hydrogen) atoms. The van der Waals surface area contributed by atoms with E-state index in [1.54, 1.807) is 0 Å². The van der Waals surface area contributed by atoms with E-state index in [9.17, 15) is 0 Å². The molecule has 0 bridgehead atoms. The quantitative estimate of drug-likeness (QED) is 0.823. The standard InChI is InChI=1S/C14H15N3O2/c1-10(2)14-16-13(19-17-14)9-18-12-5-3-11(4-6-12)7-8-15/h3-6,10H,7,9H2,1-2H3. The predicted molar refractivity (Wildman–Crippen MR) is 68.5 cm³/mol. The maximum Gasteiger partial charge on any atom is 0.264 e. The normalized spacial score (nSPS) is 10.4. The predicted octanol–water partition coefficient (Wildman–Crippen LogP) is 2.84. The Kier molecular flexibility index (Phi) is 4.14. The zero-order valence-electron chi connectivity index (χ0n) is 11.0. The van der Waals surface area contributed by atoms with Crippen LogP contribution in [0.2, 0.25) is 0 Å². The lowest BCUT2D eigenvalue weighted by Gasteiger charge is -2.03. The topological polar surface area (TPSA) is 71.9 Å². The summed E-state index contributed by atoms with van der Waals surface area (Å²) in [6, 6.07) is 9.49. The lowest BCUT2D eigenvalue weighted by atomic mass is 10.2. The first kappa shape index (κ1) is 13.1. The van der Waals surface area contributed by atoms with E-state index in [2.05, 4.69) is 16.2 Å². The van der Waals surface area contributed by atoms with Gasteiger partial charge < -0.3 is 9.26 Å². The number of benzene rings is 1. The number of nitriles is 1. The van der Waals surface area contributed by atoms with E-state index in [0.29, 0.717) is 23.9 Å². The van der Waals surface area contributed by atoms with E-state index in [1.807, 2.05) is 38.1 Å². The minimum Gasteiger partial charge on any atom is -0.484 e. The lowest BCUT2D eigenvalue weighted by Crippen LogP contribution is -1.97. The Balaban J connectivity index is 1.92. The Hall–Kier alpha value is -2.35. The molecule has 1 heterocycles. The fourth-order valence-corrected chi connectivity index (χ4v) is 1.50. The van der Waals surface area contributed by atoms with Gasteiger partial charge in [0.1, 0.15) is 5.75 Å². The average molecular weight is 257 g/mol. The van der Waals surface area contributed by atoms with Crippen LogP contribution in [0.15, 0.2) is 28.8 Å². The third kappa shape index (κ3) is 3.55. The summed E-state index contributed by atoms with van der Waals surface area (Å²) < 4.78 is 10.6. The minimum atomic E-state index is 0.239. The molecule has 2 rings (SSSR count). The molecule has 0 aliphatic carbocycles. The summed E-state index contributed by atoms with van der Waals surface area (Å²) in [4.78, 5) is 4.23. The molecule has 0 atom stereocenters. The Morgan fingerprint density at radius 1 is 1.32 bits per heavy atom. The number of hydrogen-bond donors (Lipinski definition) is 0. The van der Waals surface area contributed by atoms with Gasteiger partial charge in [-0.2, -0.15) is 10.2 Å². The average Bonchev–Trinajstić information content (AvgIpc) is 2.87. The van der Waals surface area contributed by atoms with Gasteiger partial charge in [-0.1, -0.05) is 31.1 Å². The fraction of sp³-hybridized carbons (Fsp3) is 0.357. The zero-order chi connectivity index (χ0) is 13.7. The number of nitrogens with zero attached hydrogens (tertiary/aromatic N) is 3. The van der Waals surface area contributed by atoms with Crippen LogP contribution in [0.4, 0.5) is 0 Å². The summed E-state index contributed by atoms with van der Waals surface area (Å²) in [5.41, 5.74) is 0.967. The maximum atomic E-state index is 8.58. The van der Waals surface area contributed by atoms with Crippen molar-refractivity contribution < 1.29 is 9.26 Å². The van der Waals surface area contributed by atoms with E-state index in [1.165, 1.54) is 0 Å². The van der Waals surface area contributed by atoms with Crippen LogP contribution < -0.4 is 4.74 Å². The first-order chi connectivity index (χ1) is 9.19. The molecule has 0 saturated heterocycles. The Morgan fingerprint density at radius 3 is 2.63 bits per heavy atom. The summed E-state index contributed by atoms with van der Waals surface area (Å²) in [5.74, 6) is 2.10. The Morgan fingerprint density at radius 2 is 2.05 bits per heavy atom. The highest BCUT2D eigenvalue weighted by Gasteiger charge is 2.09. The van der Waals surface area contributed by atoms with Crippen LogP contribution in [0.5, 0.6) is 5.75 Å². The zero-order valence-corrected chi connectivity index (χ0v) is 11.0. The lowest BCUT2D eigenvalue weighted by molar-refractivity contribution is 0.242. The van der Waals surface area contributed by atoms with Gasteiger partial charge in [-0.25, -0.2) is 0 Å². The number of aromatic nitrogens is 2. The smallest absolute Gasteiger partial charge is 0.264 e. The van der Waals surface area contributed by atoms with Crippen LogP contribution in [0.3, 0.4) is 0 Å². The van der Waals surface area contributed by atoms with Gasteiger partial charge in [0.15, 0.2) is 12.4 Å². The molecule has 1 aromatic carbocycles. The van der Waals surface area contributed by atoms with Gasteiger partial charge >= 0.3 is 0 Å². The number of hydrogen-bond acceptors (Lipinski definition) is 5. The SMILES string of the molecule is CC(C)c1noc(COc2ccc(CC#N)cc2)n1. The third-order valence-electron chi connectivity index (χ3n) is 2.57. The van der Waals surface area contributed by atoms with E-state index in [-0.39, 0.29) is 12.5 Å². The second kappa shape index (κ2) is 6.01. The fourth-order valence-electron chi connectivity index (χ4n) is 1.50. The van der Waals surface area contributed by atoms with Crippen LogP contribution in [-0.2, 0) is 13.0 Å². The Bertz CT molecular complexity index is 567. The van der Waals surface area contributed by atoms with E-state index >= 15 is 0 Å². The van der Waals surface area contributed by atoms with Crippen molar-refractivity contribution in [3.05, 3.63) is 41.5 Å². The molecule has 0 aliphatic heterocycles. The van der Waals surface area contributed by atoms with Crippen molar-refractivity contribution in [3.63, 3.8) is 0 Å². The maximum absolute atomic E-state index is 8.58. The van der Waals surface area contributed by atoms with Crippen LogP contribution in [0, 0.1) is 11.3 Å². The molecule has 0 aliphatic rings. The molecule has 0 radical (unpaired) electrons. The van der Waals surface area contributed by atoms with Crippen molar-refractivity contribution in [2.24, 2.45) is 0 Å². The number of ether oxygens (including phenoxy) is 1. The molecule has 1 aromatic heterocycles. The van der Waals surface area contributed by atoms with Gasteiger partial charge in [0.2, 0.25) is 0 Å². The van der Waals surface area contributed by atoms with Crippen LogP contribution in [0.1, 0.15) is 37.0 Å². The highest BCUT2D eigenvalue weighted by molar-refractivity contribution is 5.28. The molecular formula is C14H15N3O2. The van der Waals surface area contributed by atoms with Crippen molar-refractivity contribution in [3.8, 4) is 11.8 Å². The molecule has 0 spiro atoms. The minimum absolute atomic E-state index is 0.239. The molecule has 0 saturated carbocycles. The van der Waals surface area contributed by atoms with E-state index < -0.39 is 0 Å². The van der Waals surface area contributed by atoms with Crippen molar-refractivity contribution in [1.29, 1.82) is 5.26 Å². The van der Waals surface area contributed by atoms with Gasteiger partial charge in [-0.05, 0) is 17.7 Å². The third-order valence-corrected chi connectivity index (χ3v) is 2.57. The van der Waals surface area contributed by atoms with Gasteiger partial charge in [0.05, 0.1) is 12.5 Å². The molecular weight excluding hydrogens is 242 g/mol. The molecule has 0 fully saturated rings. The highest BCUT2D eigenvalue weighted by atomic mass is 16.5. The monoisotopic (exact) mass is 257 g/mol. The second-order valence-corrected chi connectivity index (χ2v) is 4.47. The van der Waals surface area contributed by atoms with Gasteiger partial charge in [-0.3, -0.25) is 0 Å². The van der Waals surface area contributed by atoms with Crippen molar-refractivity contribution >= 4 is 0 Å². The van der Waals surface area contributed by atoms with E-state index in [0.717, 1.165) is 5.56 Å². The molecule has 2 aromatic rings. The van der Waals surface area contributed by atoms with Crippen molar-refractivity contribution in [2.75, 3.05) is 0 Å². The first-order valence-electron chi connectivity index (χ1n) is 6.10. The summed E-state index contributed by atoms with van der Waals surface area (Å²) in [6.45, 7) is 4.25. The molecule has 0 N–H and O–H groups in total. The molecule has 98 valence electrons. The van der Waals surface area contributed by atoms with Crippen LogP contribution in [-0.4, -0.2) is 10.1 Å². The van der Waals surface area contributed by atoms with Crippen molar-refractivity contribution in [2.45, 2.75) is 32.8 Å². The molecule has 5 heteroatoms. The summed E-state index contributed by atoms with van der Waals surface area (Å²) in [7, 11) is 0. The second-order valence-electron chi connectivity index (χ2n) is 4.47. The largest absolute Gasteiger partial charge is 0.484 e.